The predicted octanol–water partition coefficient (Wildman–Crippen LogP) is 1.99. The Morgan fingerprint density at radius 3 is 2.73 bits per heavy atom. The number of amides is 1. The molecular weight excluding hydrogens is 195 g/mol. The van der Waals surface area contributed by atoms with Gasteiger partial charge in [0, 0.05) is 7.05 Å². The number of benzene rings is 1. The number of rotatable bonds is 0. The normalized spacial score (nSPS) is 18.4. The summed E-state index contributed by atoms with van der Waals surface area (Å²) in [5.41, 5.74) is 0.249. The van der Waals surface area contributed by atoms with Gasteiger partial charge < -0.3 is 10.2 Å². The molecule has 0 spiro atoms. The molecule has 0 bridgehead atoms. The van der Waals surface area contributed by atoms with E-state index in [1.807, 2.05) is 0 Å². The number of carbonyl (C=O) groups is 1. The molecule has 0 fully saturated rings. The Morgan fingerprint density at radius 1 is 1.40 bits per heavy atom. The molecule has 2 rings (SSSR count). The van der Waals surface area contributed by atoms with Crippen molar-refractivity contribution in [3.8, 4) is 0 Å². The van der Waals surface area contributed by atoms with E-state index in [2.05, 4.69) is 5.32 Å². The number of para-hydroxylation sites is 1. The molecule has 0 saturated carbocycles. The van der Waals surface area contributed by atoms with Crippen molar-refractivity contribution in [1.29, 1.82) is 0 Å². The second-order valence-electron chi connectivity index (χ2n) is 4.21. The summed E-state index contributed by atoms with van der Waals surface area (Å²) >= 11 is 0. The van der Waals surface area contributed by atoms with Gasteiger partial charge in [0.15, 0.2) is 0 Å². The van der Waals surface area contributed by atoms with Gasteiger partial charge in [-0.3, -0.25) is 4.79 Å². The van der Waals surface area contributed by atoms with Gasteiger partial charge in [0.2, 0.25) is 5.91 Å². The van der Waals surface area contributed by atoms with Gasteiger partial charge in [-0.2, -0.15) is 0 Å². The lowest BCUT2D eigenvalue weighted by molar-refractivity contribution is -0.120. The number of halogens is 1. The molecular formula is C11H13FN2O. The van der Waals surface area contributed by atoms with Crippen molar-refractivity contribution in [1.82, 2.24) is 0 Å². The third-order valence-corrected chi connectivity index (χ3v) is 2.96. The first-order chi connectivity index (χ1) is 6.94. The van der Waals surface area contributed by atoms with Gasteiger partial charge in [-0.25, -0.2) is 4.39 Å². The molecule has 80 valence electrons. The minimum Gasteiger partial charge on any atom is -0.357 e. The Labute approximate surface area is 87.9 Å². The second-order valence-corrected chi connectivity index (χ2v) is 4.21. The largest absolute Gasteiger partial charge is 0.357 e. The van der Waals surface area contributed by atoms with E-state index >= 15 is 0 Å². The average Bonchev–Trinajstić information content (AvgIpc) is 2.15. The van der Waals surface area contributed by atoms with E-state index in [9.17, 15) is 9.18 Å². The third-order valence-electron chi connectivity index (χ3n) is 2.96. The summed E-state index contributed by atoms with van der Waals surface area (Å²) in [7, 11) is 1.72. The standard InChI is InChI=1S/C11H13FN2O/c1-11(2)10(15)13-8-6-4-5-7(12)9(8)14(11)3/h4-6H,1-3H3,(H,13,15). The fourth-order valence-electron chi connectivity index (χ4n) is 1.66. The van der Waals surface area contributed by atoms with Crippen molar-refractivity contribution in [3.63, 3.8) is 0 Å². The van der Waals surface area contributed by atoms with Gasteiger partial charge in [-0.05, 0) is 26.0 Å². The highest BCUT2D eigenvalue weighted by molar-refractivity contribution is 6.06. The molecule has 0 atom stereocenters. The van der Waals surface area contributed by atoms with Crippen LogP contribution in [0.15, 0.2) is 18.2 Å². The molecule has 1 amide bonds. The maximum atomic E-state index is 13.6. The summed E-state index contributed by atoms with van der Waals surface area (Å²) in [5, 5.41) is 2.70. The first kappa shape index (κ1) is 9.96. The van der Waals surface area contributed by atoms with Crippen LogP contribution in [-0.2, 0) is 4.79 Å². The first-order valence-electron chi connectivity index (χ1n) is 4.78. The van der Waals surface area contributed by atoms with Gasteiger partial charge in [0.25, 0.3) is 0 Å². The number of anilines is 2. The Morgan fingerprint density at radius 2 is 2.07 bits per heavy atom. The van der Waals surface area contributed by atoms with Crippen LogP contribution < -0.4 is 10.2 Å². The topological polar surface area (TPSA) is 32.3 Å². The van der Waals surface area contributed by atoms with Crippen LogP contribution in [-0.4, -0.2) is 18.5 Å². The molecule has 3 nitrogen and oxygen atoms in total. The number of carbonyl (C=O) groups excluding carboxylic acids is 1. The summed E-state index contributed by atoms with van der Waals surface area (Å²) in [5.74, 6) is -0.439. The third kappa shape index (κ3) is 1.28. The molecule has 0 radical (unpaired) electrons. The summed E-state index contributed by atoms with van der Waals surface area (Å²) < 4.78 is 13.6. The minimum absolute atomic E-state index is 0.122. The van der Waals surface area contributed by atoms with Gasteiger partial charge in [0.05, 0.1) is 11.4 Å². The van der Waals surface area contributed by atoms with E-state index in [0.717, 1.165) is 0 Å². The molecule has 0 unspecified atom stereocenters. The SMILES string of the molecule is CN1c2c(F)cccc2NC(=O)C1(C)C. The number of fused-ring (bicyclic) bond motifs is 1. The highest BCUT2D eigenvalue weighted by Crippen LogP contribution is 2.37. The number of hydrogen-bond acceptors (Lipinski definition) is 2. The van der Waals surface area contributed by atoms with Gasteiger partial charge in [0.1, 0.15) is 11.4 Å². The summed E-state index contributed by atoms with van der Waals surface area (Å²) in [6.45, 7) is 3.52. The molecule has 0 saturated heterocycles. The fourth-order valence-corrected chi connectivity index (χ4v) is 1.66. The monoisotopic (exact) mass is 208 g/mol. The first-order valence-corrected chi connectivity index (χ1v) is 4.78. The molecule has 0 aliphatic carbocycles. The maximum absolute atomic E-state index is 13.6. The quantitative estimate of drug-likeness (QED) is 0.707. The summed E-state index contributed by atoms with van der Waals surface area (Å²) in [4.78, 5) is 13.4. The van der Waals surface area contributed by atoms with Crippen LogP contribution in [0.4, 0.5) is 15.8 Å². The molecule has 1 aliphatic rings. The van der Waals surface area contributed by atoms with Crippen molar-refractivity contribution in [2.75, 3.05) is 17.3 Å². The van der Waals surface area contributed by atoms with E-state index in [0.29, 0.717) is 11.4 Å². The van der Waals surface area contributed by atoms with Gasteiger partial charge in [-0.15, -0.1) is 0 Å². The Kier molecular flexibility index (Phi) is 1.96. The predicted molar refractivity (Wildman–Crippen MR) is 57.5 cm³/mol. The summed E-state index contributed by atoms with van der Waals surface area (Å²) in [6, 6.07) is 4.67. The van der Waals surface area contributed by atoms with Crippen LogP contribution in [0.25, 0.3) is 0 Å². The lowest BCUT2D eigenvalue weighted by Crippen LogP contribution is -2.54. The highest BCUT2D eigenvalue weighted by atomic mass is 19.1. The van der Waals surface area contributed by atoms with Crippen LogP contribution in [0.5, 0.6) is 0 Å². The smallest absolute Gasteiger partial charge is 0.249 e. The average molecular weight is 208 g/mol. The molecule has 1 heterocycles. The van der Waals surface area contributed by atoms with E-state index in [1.54, 1.807) is 37.9 Å². The molecule has 15 heavy (non-hydrogen) atoms. The summed E-state index contributed by atoms with van der Waals surface area (Å²) in [6.07, 6.45) is 0. The van der Waals surface area contributed by atoms with E-state index in [1.165, 1.54) is 6.07 Å². The Bertz CT molecular complexity index is 429. The van der Waals surface area contributed by atoms with Crippen molar-refractivity contribution in [2.24, 2.45) is 0 Å². The zero-order valence-corrected chi connectivity index (χ0v) is 8.97. The van der Waals surface area contributed by atoms with E-state index in [4.69, 9.17) is 0 Å². The fraction of sp³-hybridized carbons (Fsp3) is 0.364. The molecule has 4 heteroatoms. The minimum atomic E-state index is -0.727. The van der Waals surface area contributed by atoms with Crippen LogP contribution >= 0.6 is 0 Å². The van der Waals surface area contributed by atoms with Crippen LogP contribution in [0.2, 0.25) is 0 Å². The van der Waals surface area contributed by atoms with Crippen molar-refractivity contribution in [3.05, 3.63) is 24.0 Å². The van der Waals surface area contributed by atoms with E-state index < -0.39 is 5.54 Å². The number of hydrogen-bond donors (Lipinski definition) is 1. The van der Waals surface area contributed by atoms with E-state index in [-0.39, 0.29) is 11.7 Å². The zero-order chi connectivity index (χ0) is 11.2. The Balaban J connectivity index is 2.62. The molecule has 1 aliphatic heterocycles. The Hall–Kier alpha value is -1.58. The van der Waals surface area contributed by atoms with Gasteiger partial charge in [-0.1, -0.05) is 6.07 Å². The van der Waals surface area contributed by atoms with Crippen LogP contribution in [0.1, 0.15) is 13.8 Å². The molecule has 1 aromatic rings. The number of nitrogens with one attached hydrogen (secondary N) is 1. The number of nitrogens with zero attached hydrogens (tertiary/aromatic N) is 1. The molecule has 1 aromatic carbocycles. The van der Waals surface area contributed by atoms with Gasteiger partial charge >= 0.3 is 0 Å². The van der Waals surface area contributed by atoms with Crippen LogP contribution in [0.3, 0.4) is 0 Å². The lowest BCUT2D eigenvalue weighted by atomic mass is 9.97. The molecule has 1 N–H and O–H groups in total. The molecule has 0 aromatic heterocycles. The van der Waals surface area contributed by atoms with Crippen molar-refractivity contribution in [2.45, 2.75) is 19.4 Å². The maximum Gasteiger partial charge on any atom is 0.249 e. The van der Waals surface area contributed by atoms with Crippen LogP contribution in [0, 0.1) is 5.82 Å². The number of likely N-dealkylation sites (N-methyl/N-ethyl adjacent to an activating group) is 1. The highest BCUT2D eigenvalue weighted by Gasteiger charge is 2.39. The van der Waals surface area contributed by atoms with Crippen molar-refractivity contribution >= 4 is 17.3 Å². The van der Waals surface area contributed by atoms with Crippen molar-refractivity contribution < 1.29 is 9.18 Å². The lowest BCUT2D eigenvalue weighted by Gasteiger charge is -2.41. The zero-order valence-electron chi connectivity index (χ0n) is 8.97. The second kappa shape index (κ2) is 2.95.